The molecule has 0 radical (unpaired) electrons. The molecule has 3 rings (SSSR count). The van der Waals surface area contributed by atoms with Crippen molar-refractivity contribution in [2.24, 2.45) is 0 Å². The van der Waals surface area contributed by atoms with E-state index in [2.05, 4.69) is 32.4 Å². The molecule has 112 valence electrons. The number of amides is 1. The molecule has 1 amide bonds. The van der Waals surface area contributed by atoms with Gasteiger partial charge in [0.1, 0.15) is 11.3 Å². The lowest BCUT2D eigenvalue weighted by atomic mass is 10.1. The van der Waals surface area contributed by atoms with Crippen LogP contribution in [0.4, 0.5) is 0 Å². The Balaban J connectivity index is 1.62. The molecular formula is C15H15N5OS. The van der Waals surface area contributed by atoms with Gasteiger partial charge in [0.25, 0.3) is 5.91 Å². The fourth-order valence-corrected chi connectivity index (χ4v) is 2.79. The molecule has 0 saturated heterocycles. The summed E-state index contributed by atoms with van der Waals surface area (Å²) in [5.41, 5.74) is 2.56. The van der Waals surface area contributed by atoms with Gasteiger partial charge in [-0.25, -0.2) is 9.97 Å². The molecule has 0 fully saturated rings. The molecule has 0 saturated carbocycles. The summed E-state index contributed by atoms with van der Waals surface area (Å²) < 4.78 is 0. The van der Waals surface area contributed by atoms with Gasteiger partial charge in [0.15, 0.2) is 5.82 Å². The number of hydrogen-bond acceptors (Lipinski definition) is 5. The molecule has 2 aromatic heterocycles. The average Bonchev–Trinajstić information content (AvgIpc) is 3.24. The van der Waals surface area contributed by atoms with E-state index in [1.807, 2.05) is 17.5 Å². The van der Waals surface area contributed by atoms with Crippen molar-refractivity contribution in [3.63, 3.8) is 0 Å². The van der Waals surface area contributed by atoms with Gasteiger partial charge in [0.05, 0.1) is 12.2 Å². The molecule has 0 bridgehead atoms. The van der Waals surface area contributed by atoms with Gasteiger partial charge in [0.2, 0.25) is 0 Å². The molecular weight excluding hydrogens is 298 g/mol. The molecule has 3 aromatic rings. The lowest BCUT2D eigenvalue weighted by molar-refractivity contribution is 0.0951. The van der Waals surface area contributed by atoms with Crippen LogP contribution in [0, 0.1) is 0 Å². The molecule has 0 aliphatic rings. The molecule has 0 unspecified atom stereocenters. The van der Waals surface area contributed by atoms with Gasteiger partial charge in [-0.1, -0.05) is 19.1 Å². The molecule has 2 N–H and O–H groups in total. The SMILES string of the molecule is CCc1csc(CNC(=O)c2ccc(-c3ncn[nH]3)cc2)n1. The number of nitrogens with zero attached hydrogens (tertiary/aromatic N) is 3. The highest BCUT2D eigenvalue weighted by Crippen LogP contribution is 2.15. The van der Waals surface area contributed by atoms with Gasteiger partial charge in [0, 0.05) is 16.5 Å². The standard InChI is InChI=1S/C15H15N5OS/c1-2-12-8-22-13(19-12)7-16-15(21)11-5-3-10(4-6-11)14-17-9-18-20-14/h3-6,8-9H,2,7H2,1H3,(H,16,21)(H,17,18,20). The Morgan fingerprint density at radius 2 is 2.14 bits per heavy atom. The Labute approximate surface area is 131 Å². The van der Waals surface area contributed by atoms with Crippen LogP contribution in [0.3, 0.4) is 0 Å². The fraction of sp³-hybridized carbons (Fsp3) is 0.200. The fourth-order valence-electron chi connectivity index (χ4n) is 1.97. The van der Waals surface area contributed by atoms with Crippen molar-refractivity contribution in [2.75, 3.05) is 0 Å². The molecule has 7 heteroatoms. The number of aryl methyl sites for hydroxylation is 1. The number of hydrogen-bond donors (Lipinski definition) is 2. The van der Waals surface area contributed by atoms with Crippen molar-refractivity contribution < 1.29 is 4.79 Å². The smallest absolute Gasteiger partial charge is 0.251 e. The summed E-state index contributed by atoms with van der Waals surface area (Å²) in [5.74, 6) is 0.569. The highest BCUT2D eigenvalue weighted by atomic mass is 32.1. The molecule has 1 aromatic carbocycles. The molecule has 22 heavy (non-hydrogen) atoms. The zero-order valence-electron chi connectivity index (χ0n) is 12.0. The van der Waals surface area contributed by atoms with Crippen LogP contribution >= 0.6 is 11.3 Å². The summed E-state index contributed by atoms with van der Waals surface area (Å²) in [4.78, 5) is 20.6. The van der Waals surface area contributed by atoms with Crippen LogP contribution in [0.2, 0.25) is 0 Å². The summed E-state index contributed by atoms with van der Waals surface area (Å²) in [6, 6.07) is 7.22. The Morgan fingerprint density at radius 3 is 2.77 bits per heavy atom. The molecule has 6 nitrogen and oxygen atoms in total. The topological polar surface area (TPSA) is 83.6 Å². The van der Waals surface area contributed by atoms with Crippen molar-refractivity contribution in [1.29, 1.82) is 0 Å². The summed E-state index contributed by atoms with van der Waals surface area (Å²) in [6.45, 7) is 2.51. The van der Waals surface area contributed by atoms with Crippen LogP contribution in [0.15, 0.2) is 36.0 Å². The molecule has 0 aliphatic heterocycles. The number of benzene rings is 1. The lowest BCUT2D eigenvalue weighted by Gasteiger charge is -2.04. The third kappa shape index (κ3) is 3.20. The lowest BCUT2D eigenvalue weighted by Crippen LogP contribution is -2.22. The van der Waals surface area contributed by atoms with E-state index < -0.39 is 0 Å². The Morgan fingerprint density at radius 1 is 1.32 bits per heavy atom. The van der Waals surface area contributed by atoms with Crippen LogP contribution in [-0.4, -0.2) is 26.1 Å². The van der Waals surface area contributed by atoms with E-state index in [0.29, 0.717) is 17.9 Å². The second-order valence-corrected chi connectivity index (χ2v) is 5.62. The Bertz CT molecular complexity index is 749. The first-order valence-electron chi connectivity index (χ1n) is 6.93. The minimum Gasteiger partial charge on any atom is -0.346 e. The first kappa shape index (κ1) is 14.4. The van der Waals surface area contributed by atoms with Crippen molar-refractivity contribution in [3.05, 3.63) is 52.2 Å². The van der Waals surface area contributed by atoms with Gasteiger partial charge >= 0.3 is 0 Å². The van der Waals surface area contributed by atoms with Gasteiger partial charge in [-0.05, 0) is 18.6 Å². The number of nitrogens with one attached hydrogen (secondary N) is 2. The van der Waals surface area contributed by atoms with Gasteiger partial charge < -0.3 is 5.32 Å². The van der Waals surface area contributed by atoms with Gasteiger partial charge in [-0.3, -0.25) is 9.89 Å². The van der Waals surface area contributed by atoms with Crippen LogP contribution in [-0.2, 0) is 13.0 Å². The molecule has 2 heterocycles. The van der Waals surface area contributed by atoms with Crippen molar-refractivity contribution in [1.82, 2.24) is 25.5 Å². The predicted molar refractivity (Wildman–Crippen MR) is 84.5 cm³/mol. The van der Waals surface area contributed by atoms with Crippen LogP contribution in [0.5, 0.6) is 0 Å². The summed E-state index contributed by atoms with van der Waals surface area (Å²) >= 11 is 1.57. The first-order valence-corrected chi connectivity index (χ1v) is 7.81. The molecule has 0 aliphatic carbocycles. The normalized spacial score (nSPS) is 10.6. The largest absolute Gasteiger partial charge is 0.346 e. The second-order valence-electron chi connectivity index (χ2n) is 4.68. The van der Waals surface area contributed by atoms with Crippen LogP contribution in [0.25, 0.3) is 11.4 Å². The zero-order chi connectivity index (χ0) is 15.4. The predicted octanol–water partition coefficient (Wildman–Crippen LogP) is 2.42. The quantitative estimate of drug-likeness (QED) is 0.757. The van der Waals surface area contributed by atoms with E-state index >= 15 is 0 Å². The summed E-state index contributed by atoms with van der Waals surface area (Å²) in [5, 5.41) is 12.4. The maximum absolute atomic E-state index is 12.1. The van der Waals surface area contributed by atoms with Gasteiger partial charge in [-0.2, -0.15) is 5.10 Å². The van der Waals surface area contributed by atoms with E-state index in [1.165, 1.54) is 6.33 Å². The maximum Gasteiger partial charge on any atom is 0.251 e. The Kier molecular flexibility index (Phi) is 4.24. The third-order valence-corrected chi connectivity index (χ3v) is 4.09. The van der Waals surface area contributed by atoms with Gasteiger partial charge in [-0.15, -0.1) is 11.3 Å². The number of carbonyl (C=O) groups is 1. The van der Waals surface area contributed by atoms with E-state index in [0.717, 1.165) is 22.7 Å². The molecule has 0 atom stereocenters. The summed E-state index contributed by atoms with van der Waals surface area (Å²) in [7, 11) is 0. The van der Waals surface area contributed by atoms with Crippen molar-refractivity contribution >= 4 is 17.2 Å². The third-order valence-electron chi connectivity index (χ3n) is 3.20. The number of rotatable bonds is 5. The minimum absolute atomic E-state index is 0.114. The first-order chi connectivity index (χ1) is 10.8. The number of carbonyl (C=O) groups excluding carboxylic acids is 1. The van der Waals surface area contributed by atoms with Crippen LogP contribution in [0.1, 0.15) is 28.0 Å². The van der Waals surface area contributed by atoms with Crippen LogP contribution < -0.4 is 5.32 Å². The van der Waals surface area contributed by atoms with E-state index in [4.69, 9.17) is 0 Å². The summed E-state index contributed by atoms with van der Waals surface area (Å²) in [6.07, 6.45) is 2.36. The monoisotopic (exact) mass is 313 g/mol. The van der Waals surface area contributed by atoms with E-state index in [9.17, 15) is 4.79 Å². The minimum atomic E-state index is -0.114. The zero-order valence-corrected chi connectivity index (χ0v) is 12.9. The van der Waals surface area contributed by atoms with Crippen molar-refractivity contribution in [3.8, 4) is 11.4 Å². The highest BCUT2D eigenvalue weighted by Gasteiger charge is 2.08. The van der Waals surface area contributed by atoms with E-state index in [-0.39, 0.29) is 5.91 Å². The van der Waals surface area contributed by atoms with E-state index in [1.54, 1.807) is 23.5 Å². The number of aromatic nitrogens is 4. The maximum atomic E-state index is 12.1. The number of H-pyrrole nitrogens is 1. The highest BCUT2D eigenvalue weighted by molar-refractivity contribution is 7.09. The average molecular weight is 313 g/mol. The second kappa shape index (κ2) is 6.48. The number of thiazole rings is 1. The Hall–Kier alpha value is -2.54. The number of aromatic amines is 1. The molecule has 0 spiro atoms. The van der Waals surface area contributed by atoms with Crippen molar-refractivity contribution in [2.45, 2.75) is 19.9 Å².